The average molecular weight is 545 g/mol. The Morgan fingerprint density at radius 1 is 1.24 bits per heavy atom. The largest absolute Gasteiger partial charge is 0.379 e. The van der Waals surface area contributed by atoms with Crippen LogP contribution in [-0.2, 0) is 19.4 Å². The zero-order valence-corrected chi connectivity index (χ0v) is 20.8. The minimum atomic E-state index is -2.98. The number of hydrogen-bond donors (Lipinski definition) is 3. The van der Waals surface area contributed by atoms with E-state index in [-0.39, 0.29) is 59.4 Å². The molecule has 170 valence electrons. The maximum Gasteiger partial charge on any atom is 0.222 e. The molecule has 2 fully saturated rings. The van der Waals surface area contributed by atoms with Gasteiger partial charge in [0.15, 0.2) is 15.8 Å². The van der Waals surface area contributed by atoms with Crippen LogP contribution in [0.25, 0.3) is 0 Å². The first-order valence-corrected chi connectivity index (χ1v) is 11.9. The van der Waals surface area contributed by atoms with Gasteiger partial charge in [0, 0.05) is 44.2 Å². The first kappa shape index (κ1) is 26.4. The Balaban J connectivity index is 0.00000420. The third-order valence-corrected chi connectivity index (χ3v) is 6.85. The molecule has 0 aromatic carbocycles. The number of nitrogens with zero attached hydrogens (tertiary/aromatic N) is 2. The van der Waals surface area contributed by atoms with E-state index < -0.39 is 9.84 Å². The molecule has 1 unspecified atom stereocenters. The van der Waals surface area contributed by atoms with Gasteiger partial charge in [0.25, 0.3) is 0 Å². The number of morpholine rings is 1. The van der Waals surface area contributed by atoms with E-state index in [0.717, 1.165) is 32.8 Å². The molecule has 0 spiro atoms. The van der Waals surface area contributed by atoms with E-state index in [1.54, 1.807) is 0 Å². The molecule has 0 radical (unpaired) electrons. The second kappa shape index (κ2) is 12.3. The summed E-state index contributed by atoms with van der Waals surface area (Å²) in [6.45, 7) is 11.5. The molecule has 0 aromatic heterocycles. The molecule has 0 bridgehead atoms. The summed E-state index contributed by atoms with van der Waals surface area (Å²) in [5, 5.41) is 9.19. The molecule has 2 rings (SSSR count). The number of rotatable bonds is 8. The first-order valence-electron chi connectivity index (χ1n) is 10.1. The molecule has 11 heteroatoms. The molecule has 9 nitrogen and oxygen atoms in total. The molecular weight excluding hydrogens is 509 g/mol. The van der Waals surface area contributed by atoms with Crippen LogP contribution in [0, 0.1) is 0 Å². The highest BCUT2D eigenvalue weighted by Crippen LogP contribution is 2.16. The predicted molar refractivity (Wildman–Crippen MR) is 126 cm³/mol. The Hall–Kier alpha value is -0.660. The van der Waals surface area contributed by atoms with Gasteiger partial charge in [0.1, 0.15) is 0 Å². The van der Waals surface area contributed by atoms with E-state index in [4.69, 9.17) is 4.74 Å². The summed E-state index contributed by atoms with van der Waals surface area (Å²) >= 11 is 0. The summed E-state index contributed by atoms with van der Waals surface area (Å²) in [6, 6.07) is -0.256. The standard InChI is InChI=1S/C18H35N5O4S.HI/c1-4-19-17(21-14-18(2,3)23-8-10-27-11-9-23)20-7-5-16(24)22-15-6-12-28(25,26)13-15;/h15H,4-14H2,1-3H3,(H,22,24)(H2,19,20,21);1H. The van der Waals surface area contributed by atoms with Crippen LogP contribution in [-0.4, -0.2) is 94.2 Å². The van der Waals surface area contributed by atoms with Crippen LogP contribution in [0.4, 0.5) is 0 Å². The van der Waals surface area contributed by atoms with Gasteiger partial charge >= 0.3 is 0 Å². The highest BCUT2D eigenvalue weighted by atomic mass is 127. The van der Waals surface area contributed by atoms with E-state index in [9.17, 15) is 13.2 Å². The number of amides is 1. The molecule has 2 aliphatic heterocycles. The molecule has 1 amide bonds. The summed E-state index contributed by atoms with van der Waals surface area (Å²) < 4.78 is 28.4. The lowest BCUT2D eigenvalue weighted by Gasteiger charge is -2.39. The lowest BCUT2D eigenvalue weighted by molar-refractivity contribution is -0.121. The van der Waals surface area contributed by atoms with Gasteiger partial charge in [-0.3, -0.25) is 14.7 Å². The lowest BCUT2D eigenvalue weighted by Crippen LogP contribution is -2.52. The fourth-order valence-corrected chi connectivity index (χ4v) is 5.06. The highest BCUT2D eigenvalue weighted by molar-refractivity contribution is 14.0. The molecule has 0 aromatic rings. The molecule has 3 N–H and O–H groups in total. The molecule has 2 saturated heterocycles. The van der Waals surface area contributed by atoms with E-state index in [1.807, 2.05) is 6.92 Å². The minimum Gasteiger partial charge on any atom is -0.379 e. The van der Waals surface area contributed by atoms with Crippen molar-refractivity contribution in [2.45, 2.75) is 45.2 Å². The Morgan fingerprint density at radius 3 is 2.52 bits per heavy atom. The van der Waals surface area contributed by atoms with Crippen LogP contribution in [0.1, 0.15) is 33.6 Å². The normalized spacial score (nSPS) is 22.6. The zero-order valence-electron chi connectivity index (χ0n) is 17.7. The second-order valence-corrected chi connectivity index (χ2v) is 10.2. The first-order chi connectivity index (χ1) is 13.2. The number of hydrogen-bond acceptors (Lipinski definition) is 6. The predicted octanol–water partition coefficient (Wildman–Crippen LogP) is -0.0363. The molecule has 29 heavy (non-hydrogen) atoms. The number of carbonyl (C=O) groups excluding carboxylic acids is 1. The van der Waals surface area contributed by atoms with Crippen molar-refractivity contribution >= 4 is 45.7 Å². The van der Waals surface area contributed by atoms with E-state index in [1.165, 1.54) is 0 Å². The third-order valence-electron chi connectivity index (χ3n) is 5.08. The Morgan fingerprint density at radius 2 is 1.93 bits per heavy atom. The van der Waals surface area contributed by atoms with Crippen LogP contribution in [0.5, 0.6) is 0 Å². The van der Waals surface area contributed by atoms with Crippen LogP contribution < -0.4 is 16.0 Å². The summed E-state index contributed by atoms with van der Waals surface area (Å²) in [6.07, 6.45) is 0.774. The van der Waals surface area contributed by atoms with Crippen molar-refractivity contribution in [2.24, 2.45) is 4.99 Å². The van der Waals surface area contributed by atoms with Crippen molar-refractivity contribution in [3.05, 3.63) is 0 Å². The summed E-state index contributed by atoms with van der Waals surface area (Å²) in [5.74, 6) is 0.748. The van der Waals surface area contributed by atoms with Crippen molar-refractivity contribution in [3.8, 4) is 0 Å². The quantitative estimate of drug-likeness (QED) is 0.223. The summed E-state index contributed by atoms with van der Waals surface area (Å²) in [5.41, 5.74) is -0.0720. The Kier molecular flexibility index (Phi) is 11.1. The van der Waals surface area contributed by atoms with Crippen molar-refractivity contribution in [3.63, 3.8) is 0 Å². The number of halogens is 1. The number of nitrogens with one attached hydrogen (secondary N) is 3. The second-order valence-electron chi connectivity index (χ2n) is 7.95. The van der Waals surface area contributed by atoms with E-state index in [0.29, 0.717) is 25.5 Å². The van der Waals surface area contributed by atoms with Crippen LogP contribution in [0.2, 0.25) is 0 Å². The number of ether oxygens (including phenoxy) is 1. The van der Waals surface area contributed by atoms with Crippen molar-refractivity contribution in [2.75, 3.05) is 57.4 Å². The molecule has 1 atom stereocenters. The van der Waals surface area contributed by atoms with Crippen LogP contribution >= 0.6 is 24.0 Å². The van der Waals surface area contributed by atoms with Gasteiger partial charge < -0.3 is 20.7 Å². The Labute approximate surface area is 191 Å². The number of carbonyl (C=O) groups is 1. The monoisotopic (exact) mass is 545 g/mol. The van der Waals surface area contributed by atoms with Gasteiger partial charge in [-0.05, 0) is 27.2 Å². The van der Waals surface area contributed by atoms with Crippen molar-refractivity contribution < 1.29 is 17.9 Å². The van der Waals surface area contributed by atoms with Gasteiger partial charge in [0.2, 0.25) is 5.91 Å². The lowest BCUT2D eigenvalue weighted by atomic mass is 10.0. The van der Waals surface area contributed by atoms with E-state index >= 15 is 0 Å². The maximum atomic E-state index is 12.0. The molecular formula is C18H36IN5O4S. The topological polar surface area (TPSA) is 112 Å². The van der Waals surface area contributed by atoms with Gasteiger partial charge in [-0.2, -0.15) is 0 Å². The van der Waals surface area contributed by atoms with Crippen LogP contribution in [0.3, 0.4) is 0 Å². The molecule has 2 aliphatic rings. The molecule has 0 saturated carbocycles. The van der Waals surface area contributed by atoms with Gasteiger partial charge in [-0.15, -0.1) is 24.0 Å². The molecule has 2 heterocycles. The van der Waals surface area contributed by atoms with Gasteiger partial charge in [0.05, 0.1) is 31.3 Å². The Bertz CT molecular complexity index is 651. The number of guanidine groups is 1. The van der Waals surface area contributed by atoms with Gasteiger partial charge in [-0.25, -0.2) is 8.42 Å². The fourth-order valence-electron chi connectivity index (χ4n) is 3.39. The SMILES string of the molecule is CCNC(=NCC(C)(C)N1CCOCC1)NCCC(=O)NC1CCS(=O)(=O)C1.I. The number of sulfone groups is 1. The number of aliphatic imine (C=N–C) groups is 1. The average Bonchev–Trinajstić information content (AvgIpc) is 2.98. The molecule has 0 aliphatic carbocycles. The minimum absolute atomic E-state index is 0. The third kappa shape index (κ3) is 9.35. The summed E-state index contributed by atoms with van der Waals surface area (Å²) in [7, 11) is -2.98. The fraction of sp³-hybridized carbons (Fsp3) is 0.889. The van der Waals surface area contributed by atoms with Crippen molar-refractivity contribution in [1.29, 1.82) is 0 Å². The van der Waals surface area contributed by atoms with Crippen molar-refractivity contribution in [1.82, 2.24) is 20.9 Å². The van der Waals surface area contributed by atoms with E-state index in [2.05, 4.69) is 39.7 Å². The summed E-state index contributed by atoms with van der Waals surface area (Å²) in [4.78, 5) is 19.1. The zero-order chi connectivity index (χ0) is 20.6. The maximum absolute atomic E-state index is 12.0. The smallest absolute Gasteiger partial charge is 0.222 e. The van der Waals surface area contributed by atoms with Crippen LogP contribution in [0.15, 0.2) is 4.99 Å². The highest BCUT2D eigenvalue weighted by Gasteiger charge is 2.29. The van der Waals surface area contributed by atoms with Gasteiger partial charge in [-0.1, -0.05) is 0 Å².